The van der Waals surface area contributed by atoms with Crippen molar-refractivity contribution >= 4 is 12.4 Å². The Hall–Kier alpha value is -1.62. The molecular formula is C18H22ClFN2O. The number of para-hydroxylation sites is 1. The lowest BCUT2D eigenvalue weighted by atomic mass is 10.0. The summed E-state index contributed by atoms with van der Waals surface area (Å²) in [5, 5.41) is 3.39. The van der Waals surface area contributed by atoms with Gasteiger partial charge in [0.25, 0.3) is 0 Å². The number of piperazine rings is 1. The Bertz CT molecular complexity index is 597. The predicted octanol–water partition coefficient (Wildman–Crippen LogP) is 3.27. The zero-order chi connectivity index (χ0) is 15.2. The first-order chi connectivity index (χ1) is 10.8. The highest BCUT2D eigenvalue weighted by Gasteiger charge is 2.23. The predicted molar refractivity (Wildman–Crippen MR) is 92.8 cm³/mol. The second-order valence-electron chi connectivity index (χ2n) is 5.47. The first-order valence-corrected chi connectivity index (χ1v) is 7.71. The van der Waals surface area contributed by atoms with Crippen LogP contribution in [0.4, 0.5) is 4.39 Å². The maximum Gasteiger partial charge on any atom is 0.123 e. The standard InChI is InChI=1S/C18H21FN2O.ClH/c19-16-6-4-5-15(13-16)18-14-20-9-10-21(18)11-12-22-17-7-2-1-3-8-17;/h1-8,13,18,20H,9-12,14H2;1H. The van der Waals surface area contributed by atoms with Crippen LogP contribution < -0.4 is 10.1 Å². The van der Waals surface area contributed by atoms with Crippen molar-refractivity contribution in [1.82, 2.24) is 10.2 Å². The third kappa shape index (κ3) is 4.93. The average molecular weight is 337 g/mol. The highest BCUT2D eigenvalue weighted by atomic mass is 35.5. The molecule has 23 heavy (non-hydrogen) atoms. The molecule has 1 fully saturated rings. The quantitative estimate of drug-likeness (QED) is 0.907. The maximum atomic E-state index is 13.5. The van der Waals surface area contributed by atoms with E-state index in [-0.39, 0.29) is 24.3 Å². The summed E-state index contributed by atoms with van der Waals surface area (Å²) in [5.41, 5.74) is 1.02. The molecule has 5 heteroatoms. The fourth-order valence-electron chi connectivity index (χ4n) is 2.85. The fraction of sp³-hybridized carbons (Fsp3) is 0.333. The van der Waals surface area contributed by atoms with Crippen LogP contribution in [0.1, 0.15) is 11.6 Å². The fourth-order valence-corrected chi connectivity index (χ4v) is 2.85. The van der Waals surface area contributed by atoms with Crippen molar-refractivity contribution in [3.05, 3.63) is 66.0 Å². The number of rotatable bonds is 5. The highest BCUT2D eigenvalue weighted by Crippen LogP contribution is 2.22. The number of nitrogens with zero attached hydrogens (tertiary/aromatic N) is 1. The van der Waals surface area contributed by atoms with Crippen LogP contribution in [0.5, 0.6) is 5.75 Å². The third-order valence-corrected chi connectivity index (χ3v) is 3.98. The van der Waals surface area contributed by atoms with E-state index >= 15 is 0 Å². The van der Waals surface area contributed by atoms with Crippen LogP contribution in [-0.4, -0.2) is 37.7 Å². The summed E-state index contributed by atoms with van der Waals surface area (Å²) in [5.74, 6) is 0.712. The largest absolute Gasteiger partial charge is 0.492 e. The van der Waals surface area contributed by atoms with E-state index in [0.717, 1.165) is 37.5 Å². The van der Waals surface area contributed by atoms with Crippen LogP contribution in [-0.2, 0) is 0 Å². The maximum absolute atomic E-state index is 13.5. The van der Waals surface area contributed by atoms with Crippen LogP contribution in [0.2, 0.25) is 0 Å². The monoisotopic (exact) mass is 336 g/mol. The number of halogens is 2. The molecule has 0 aromatic heterocycles. The molecule has 1 aliphatic rings. The van der Waals surface area contributed by atoms with E-state index in [1.54, 1.807) is 12.1 Å². The van der Waals surface area contributed by atoms with Gasteiger partial charge in [-0.05, 0) is 29.8 Å². The normalized spacial score (nSPS) is 18.2. The minimum Gasteiger partial charge on any atom is -0.492 e. The molecule has 2 aromatic rings. The Morgan fingerprint density at radius 2 is 1.96 bits per heavy atom. The molecule has 0 saturated carbocycles. The molecule has 0 spiro atoms. The molecule has 1 atom stereocenters. The first kappa shape index (κ1) is 17.7. The molecule has 0 bridgehead atoms. The molecule has 124 valence electrons. The van der Waals surface area contributed by atoms with Crippen molar-refractivity contribution in [2.75, 3.05) is 32.8 Å². The van der Waals surface area contributed by atoms with E-state index in [9.17, 15) is 4.39 Å². The van der Waals surface area contributed by atoms with Gasteiger partial charge in [0.15, 0.2) is 0 Å². The number of hydrogen-bond donors (Lipinski definition) is 1. The SMILES string of the molecule is Cl.Fc1cccc(C2CNCCN2CCOc2ccccc2)c1. The van der Waals surface area contributed by atoms with Gasteiger partial charge in [-0.25, -0.2) is 4.39 Å². The van der Waals surface area contributed by atoms with Crippen LogP contribution in [0.15, 0.2) is 54.6 Å². The van der Waals surface area contributed by atoms with E-state index in [1.165, 1.54) is 6.07 Å². The van der Waals surface area contributed by atoms with Gasteiger partial charge in [0.1, 0.15) is 18.2 Å². The Morgan fingerprint density at radius 3 is 2.74 bits per heavy atom. The van der Waals surface area contributed by atoms with E-state index in [2.05, 4.69) is 10.2 Å². The van der Waals surface area contributed by atoms with Crippen molar-refractivity contribution in [2.24, 2.45) is 0 Å². The van der Waals surface area contributed by atoms with Gasteiger partial charge in [-0.3, -0.25) is 4.90 Å². The summed E-state index contributed by atoms with van der Waals surface area (Å²) in [4.78, 5) is 2.36. The molecule has 3 rings (SSSR count). The second-order valence-corrected chi connectivity index (χ2v) is 5.47. The minimum absolute atomic E-state index is 0. The Kier molecular flexibility index (Phi) is 6.84. The summed E-state index contributed by atoms with van der Waals surface area (Å²) in [7, 11) is 0. The van der Waals surface area contributed by atoms with E-state index < -0.39 is 0 Å². The topological polar surface area (TPSA) is 24.5 Å². The molecule has 1 N–H and O–H groups in total. The molecule has 0 aliphatic carbocycles. The van der Waals surface area contributed by atoms with Crippen LogP contribution in [0, 0.1) is 5.82 Å². The van der Waals surface area contributed by atoms with Crippen LogP contribution in [0.3, 0.4) is 0 Å². The molecule has 1 aliphatic heterocycles. The molecule has 0 amide bonds. The van der Waals surface area contributed by atoms with Crippen LogP contribution in [0.25, 0.3) is 0 Å². The first-order valence-electron chi connectivity index (χ1n) is 7.71. The molecule has 1 unspecified atom stereocenters. The van der Waals surface area contributed by atoms with E-state index in [1.807, 2.05) is 36.4 Å². The lowest BCUT2D eigenvalue weighted by Gasteiger charge is -2.36. The summed E-state index contributed by atoms with van der Waals surface area (Å²) in [6.07, 6.45) is 0. The van der Waals surface area contributed by atoms with E-state index in [0.29, 0.717) is 6.61 Å². The number of nitrogens with one attached hydrogen (secondary N) is 1. The second kappa shape index (κ2) is 8.87. The minimum atomic E-state index is -0.177. The van der Waals surface area contributed by atoms with Crippen molar-refractivity contribution in [3.8, 4) is 5.75 Å². The van der Waals surface area contributed by atoms with Gasteiger partial charge in [-0.15, -0.1) is 12.4 Å². The van der Waals surface area contributed by atoms with Gasteiger partial charge in [0.05, 0.1) is 0 Å². The smallest absolute Gasteiger partial charge is 0.123 e. The Labute approximate surface area is 142 Å². The number of hydrogen-bond acceptors (Lipinski definition) is 3. The number of ether oxygens (including phenoxy) is 1. The summed E-state index contributed by atoms with van der Waals surface area (Å²) in [6, 6.07) is 16.9. The molecule has 0 radical (unpaired) electrons. The van der Waals surface area contributed by atoms with Crippen molar-refractivity contribution in [3.63, 3.8) is 0 Å². The average Bonchev–Trinajstić information content (AvgIpc) is 2.56. The summed E-state index contributed by atoms with van der Waals surface area (Å²) in [6.45, 7) is 4.21. The van der Waals surface area contributed by atoms with Gasteiger partial charge < -0.3 is 10.1 Å². The molecule has 1 heterocycles. The van der Waals surface area contributed by atoms with E-state index in [4.69, 9.17) is 4.74 Å². The van der Waals surface area contributed by atoms with Crippen molar-refractivity contribution in [1.29, 1.82) is 0 Å². The molecule has 2 aromatic carbocycles. The van der Waals surface area contributed by atoms with Crippen LogP contribution >= 0.6 is 12.4 Å². The summed E-state index contributed by atoms with van der Waals surface area (Å²) < 4.78 is 19.2. The van der Waals surface area contributed by atoms with Gasteiger partial charge in [0, 0.05) is 32.2 Å². The Balaban J connectivity index is 0.00000192. The zero-order valence-corrected chi connectivity index (χ0v) is 13.8. The highest BCUT2D eigenvalue weighted by molar-refractivity contribution is 5.85. The summed E-state index contributed by atoms with van der Waals surface area (Å²) >= 11 is 0. The molecular weight excluding hydrogens is 315 g/mol. The molecule has 1 saturated heterocycles. The zero-order valence-electron chi connectivity index (χ0n) is 13.0. The lowest BCUT2D eigenvalue weighted by molar-refractivity contribution is 0.134. The van der Waals surface area contributed by atoms with Gasteiger partial charge >= 0.3 is 0 Å². The third-order valence-electron chi connectivity index (χ3n) is 3.98. The van der Waals surface area contributed by atoms with Crippen molar-refractivity contribution < 1.29 is 9.13 Å². The van der Waals surface area contributed by atoms with Gasteiger partial charge in [-0.1, -0.05) is 30.3 Å². The van der Waals surface area contributed by atoms with Gasteiger partial charge in [-0.2, -0.15) is 0 Å². The molecule has 3 nitrogen and oxygen atoms in total. The Morgan fingerprint density at radius 1 is 1.13 bits per heavy atom. The van der Waals surface area contributed by atoms with Gasteiger partial charge in [0.2, 0.25) is 0 Å². The number of benzene rings is 2. The lowest BCUT2D eigenvalue weighted by Crippen LogP contribution is -2.47. The van der Waals surface area contributed by atoms with Crippen molar-refractivity contribution in [2.45, 2.75) is 6.04 Å².